The molecule has 2 heteroatoms. The highest BCUT2D eigenvalue weighted by Crippen LogP contribution is 2.19. The van der Waals surface area contributed by atoms with E-state index in [2.05, 4.69) is 48.6 Å². The van der Waals surface area contributed by atoms with Gasteiger partial charge < -0.3 is 5.32 Å². The second-order valence-corrected chi connectivity index (χ2v) is 4.73. The van der Waals surface area contributed by atoms with Gasteiger partial charge in [-0.25, -0.2) is 0 Å². The smallest absolute Gasteiger partial charge is 0.0458 e. The molecular weight excluding hydrogens is 230 g/mol. The molecule has 1 N–H and O–H groups in total. The molecule has 0 amide bonds. The second kappa shape index (κ2) is 5.24. The van der Waals surface area contributed by atoms with Gasteiger partial charge in [-0.1, -0.05) is 35.9 Å². The van der Waals surface area contributed by atoms with Crippen LogP contribution in [0.15, 0.2) is 42.5 Å². The Balaban J connectivity index is 2.07. The topological polar surface area (TPSA) is 12.0 Å². The van der Waals surface area contributed by atoms with Crippen LogP contribution in [0, 0.1) is 13.8 Å². The van der Waals surface area contributed by atoms with Crippen molar-refractivity contribution in [1.29, 1.82) is 0 Å². The third kappa shape index (κ3) is 3.24. The summed E-state index contributed by atoms with van der Waals surface area (Å²) in [6.07, 6.45) is 0. The lowest BCUT2D eigenvalue weighted by atomic mass is 10.1. The molecule has 0 aromatic heterocycles. The molecule has 0 fully saturated rings. The van der Waals surface area contributed by atoms with Gasteiger partial charge in [-0.3, -0.25) is 0 Å². The molecule has 88 valence electrons. The molecule has 0 radical (unpaired) electrons. The highest BCUT2D eigenvalue weighted by atomic mass is 35.5. The Hall–Kier alpha value is -1.47. The van der Waals surface area contributed by atoms with Crippen LogP contribution in [0.4, 0.5) is 5.69 Å². The maximum absolute atomic E-state index is 6.19. The molecule has 0 saturated heterocycles. The average molecular weight is 246 g/mol. The van der Waals surface area contributed by atoms with Crippen LogP contribution in [0.2, 0.25) is 5.02 Å². The van der Waals surface area contributed by atoms with E-state index in [1.54, 1.807) is 0 Å². The van der Waals surface area contributed by atoms with Crippen molar-refractivity contribution in [1.82, 2.24) is 0 Å². The van der Waals surface area contributed by atoms with Crippen LogP contribution in [0.25, 0.3) is 0 Å². The Morgan fingerprint density at radius 1 is 1.00 bits per heavy atom. The van der Waals surface area contributed by atoms with Crippen molar-refractivity contribution in [2.45, 2.75) is 20.4 Å². The lowest BCUT2D eigenvalue weighted by Gasteiger charge is -2.09. The zero-order chi connectivity index (χ0) is 12.3. The Labute approximate surface area is 107 Å². The Kier molecular flexibility index (Phi) is 3.70. The summed E-state index contributed by atoms with van der Waals surface area (Å²) in [5.74, 6) is 0. The number of halogens is 1. The predicted molar refractivity (Wildman–Crippen MR) is 74.7 cm³/mol. The van der Waals surface area contributed by atoms with Gasteiger partial charge in [0.15, 0.2) is 0 Å². The van der Waals surface area contributed by atoms with Gasteiger partial charge in [0.25, 0.3) is 0 Å². The summed E-state index contributed by atoms with van der Waals surface area (Å²) in [7, 11) is 0. The molecule has 0 unspecified atom stereocenters. The summed E-state index contributed by atoms with van der Waals surface area (Å²) < 4.78 is 0. The molecule has 0 spiro atoms. The van der Waals surface area contributed by atoms with E-state index in [4.69, 9.17) is 11.6 Å². The predicted octanol–water partition coefficient (Wildman–Crippen LogP) is 4.57. The van der Waals surface area contributed by atoms with E-state index in [0.29, 0.717) is 0 Å². The number of anilines is 1. The monoisotopic (exact) mass is 245 g/mol. The average Bonchev–Trinajstić information content (AvgIpc) is 2.28. The number of hydrogen-bond acceptors (Lipinski definition) is 1. The Morgan fingerprint density at radius 2 is 1.76 bits per heavy atom. The van der Waals surface area contributed by atoms with Crippen molar-refractivity contribution in [3.63, 3.8) is 0 Å². The fourth-order valence-electron chi connectivity index (χ4n) is 1.75. The summed E-state index contributed by atoms with van der Waals surface area (Å²) in [6, 6.07) is 14.5. The zero-order valence-electron chi connectivity index (χ0n) is 10.1. The van der Waals surface area contributed by atoms with Gasteiger partial charge in [0.2, 0.25) is 0 Å². The molecule has 17 heavy (non-hydrogen) atoms. The Bertz CT molecular complexity index is 520. The fourth-order valence-corrected chi connectivity index (χ4v) is 2.05. The molecule has 0 atom stereocenters. The standard InChI is InChI=1S/C15H16ClN/c1-11-4-3-5-14(8-11)17-10-13-7-6-12(2)9-15(13)16/h3-9,17H,10H2,1-2H3. The van der Waals surface area contributed by atoms with Crippen LogP contribution in [-0.2, 0) is 6.54 Å². The van der Waals surface area contributed by atoms with Crippen LogP contribution in [0.1, 0.15) is 16.7 Å². The summed E-state index contributed by atoms with van der Waals surface area (Å²) in [5.41, 5.74) is 4.69. The van der Waals surface area contributed by atoms with Crippen LogP contribution < -0.4 is 5.32 Å². The molecule has 0 heterocycles. The molecule has 0 saturated carbocycles. The van der Waals surface area contributed by atoms with Gasteiger partial charge >= 0.3 is 0 Å². The van der Waals surface area contributed by atoms with Gasteiger partial charge in [0.05, 0.1) is 0 Å². The maximum atomic E-state index is 6.19. The van der Waals surface area contributed by atoms with Gasteiger partial charge in [-0.15, -0.1) is 0 Å². The quantitative estimate of drug-likeness (QED) is 0.835. The lowest BCUT2D eigenvalue weighted by molar-refractivity contribution is 1.14. The maximum Gasteiger partial charge on any atom is 0.0458 e. The van der Waals surface area contributed by atoms with Crippen LogP contribution >= 0.6 is 11.6 Å². The largest absolute Gasteiger partial charge is 0.381 e. The molecule has 1 nitrogen and oxygen atoms in total. The van der Waals surface area contributed by atoms with Gasteiger partial charge in [-0.05, 0) is 48.7 Å². The van der Waals surface area contributed by atoms with E-state index in [9.17, 15) is 0 Å². The first-order valence-electron chi connectivity index (χ1n) is 5.71. The molecule has 0 aliphatic carbocycles. The summed E-state index contributed by atoms with van der Waals surface area (Å²) >= 11 is 6.19. The van der Waals surface area contributed by atoms with Gasteiger partial charge in [-0.2, -0.15) is 0 Å². The van der Waals surface area contributed by atoms with Crippen molar-refractivity contribution in [3.8, 4) is 0 Å². The fraction of sp³-hybridized carbons (Fsp3) is 0.200. The molecule has 2 rings (SSSR count). The highest BCUT2D eigenvalue weighted by Gasteiger charge is 2.00. The number of rotatable bonds is 3. The minimum atomic E-state index is 0.753. The number of nitrogens with one attached hydrogen (secondary N) is 1. The second-order valence-electron chi connectivity index (χ2n) is 4.32. The van der Waals surface area contributed by atoms with E-state index in [-0.39, 0.29) is 0 Å². The molecule has 2 aromatic rings. The van der Waals surface area contributed by atoms with Crippen molar-refractivity contribution < 1.29 is 0 Å². The Morgan fingerprint density at radius 3 is 2.47 bits per heavy atom. The lowest BCUT2D eigenvalue weighted by Crippen LogP contribution is -2.00. The third-order valence-electron chi connectivity index (χ3n) is 2.71. The van der Waals surface area contributed by atoms with Crippen molar-refractivity contribution in [2.24, 2.45) is 0 Å². The van der Waals surface area contributed by atoms with E-state index in [0.717, 1.165) is 22.8 Å². The molecule has 2 aromatic carbocycles. The molecule has 0 aliphatic rings. The minimum absolute atomic E-state index is 0.753. The van der Waals surface area contributed by atoms with Crippen molar-refractivity contribution in [3.05, 3.63) is 64.2 Å². The SMILES string of the molecule is Cc1cccc(NCc2ccc(C)cc2Cl)c1. The minimum Gasteiger partial charge on any atom is -0.381 e. The first kappa shape index (κ1) is 12.0. The number of benzene rings is 2. The third-order valence-corrected chi connectivity index (χ3v) is 3.06. The number of hydrogen-bond donors (Lipinski definition) is 1. The molecule has 0 aliphatic heterocycles. The summed E-state index contributed by atoms with van der Waals surface area (Å²) in [4.78, 5) is 0. The highest BCUT2D eigenvalue weighted by molar-refractivity contribution is 6.31. The summed E-state index contributed by atoms with van der Waals surface area (Å²) in [6.45, 7) is 4.89. The van der Waals surface area contributed by atoms with E-state index in [1.165, 1.54) is 11.1 Å². The zero-order valence-corrected chi connectivity index (χ0v) is 10.9. The van der Waals surface area contributed by atoms with E-state index in [1.807, 2.05) is 13.0 Å². The van der Waals surface area contributed by atoms with E-state index >= 15 is 0 Å². The first-order valence-corrected chi connectivity index (χ1v) is 6.08. The first-order chi connectivity index (χ1) is 8.15. The molecular formula is C15H16ClN. The van der Waals surface area contributed by atoms with Crippen LogP contribution in [0.3, 0.4) is 0 Å². The normalized spacial score (nSPS) is 10.3. The van der Waals surface area contributed by atoms with Crippen LogP contribution in [0.5, 0.6) is 0 Å². The number of aryl methyl sites for hydroxylation is 2. The van der Waals surface area contributed by atoms with Crippen molar-refractivity contribution in [2.75, 3.05) is 5.32 Å². The van der Waals surface area contributed by atoms with Crippen molar-refractivity contribution >= 4 is 17.3 Å². The van der Waals surface area contributed by atoms with Crippen LogP contribution in [-0.4, -0.2) is 0 Å². The summed E-state index contributed by atoms with van der Waals surface area (Å²) in [5, 5.41) is 4.20. The van der Waals surface area contributed by atoms with Gasteiger partial charge in [0, 0.05) is 17.3 Å². The molecule has 0 bridgehead atoms. The van der Waals surface area contributed by atoms with E-state index < -0.39 is 0 Å². The van der Waals surface area contributed by atoms with Gasteiger partial charge in [0.1, 0.15) is 0 Å².